The molecule has 1 unspecified atom stereocenters. The van der Waals surface area contributed by atoms with E-state index in [2.05, 4.69) is 10.6 Å². The van der Waals surface area contributed by atoms with E-state index in [1.165, 1.54) is 6.92 Å². The maximum Gasteiger partial charge on any atom is 0.328 e. The number of halogens is 2. The molecule has 0 aliphatic rings. The van der Waals surface area contributed by atoms with Crippen LogP contribution in [0.15, 0.2) is 18.2 Å². The molecule has 0 aliphatic heterocycles. The first-order chi connectivity index (χ1) is 8.40. The number of hydrogen-bond donors (Lipinski definition) is 3. The van der Waals surface area contributed by atoms with Gasteiger partial charge in [0.2, 0.25) is 5.91 Å². The molecule has 1 rings (SSSR count). The lowest BCUT2D eigenvalue weighted by Crippen LogP contribution is -2.44. The van der Waals surface area contributed by atoms with Crippen molar-refractivity contribution in [1.82, 2.24) is 5.32 Å². The number of hydrogen-bond acceptors (Lipinski definition) is 3. The van der Waals surface area contributed by atoms with Gasteiger partial charge in [0, 0.05) is 18.5 Å². The summed E-state index contributed by atoms with van der Waals surface area (Å²) in [7, 11) is 0. The Kier molecular flexibility index (Phi) is 5.25. The molecule has 0 saturated heterocycles. The van der Waals surface area contributed by atoms with Crippen LogP contribution in [0.5, 0.6) is 0 Å². The van der Waals surface area contributed by atoms with Crippen LogP contribution in [0, 0.1) is 0 Å². The first kappa shape index (κ1) is 14.6. The van der Waals surface area contributed by atoms with Gasteiger partial charge in [0.25, 0.3) is 0 Å². The van der Waals surface area contributed by atoms with Crippen LogP contribution in [-0.2, 0) is 9.59 Å². The summed E-state index contributed by atoms with van der Waals surface area (Å²) in [6, 6.07) is 3.77. The van der Waals surface area contributed by atoms with Crippen LogP contribution >= 0.6 is 23.2 Å². The average Bonchev–Trinajstić information content (AvgIpc) is 2.27. The fourth-order valence-electron chi connectivity index (χ4n) is 1.29. The highest BCUT2D eigenvalue weighted by molar-refractivity contribution is 6.35. The van der Waals surface area contributed by atoms with Crippen LogP contribution in [0.3, 0.4) is 0 Å². The highest BCUT2D eigenvalue weighted by Gasteiger charge is 2.18. The molecule has 1 amide bonds. The van der Waals surface area contributed by atoms with Crippen molar-refractivity contribution in [2.45, 2.75) is 13.0 Å². The first-order valence-corrected chi connectivity index (χ1v) is 5.84. The number of benzene rings is 1. The van der Waals surface area contributed by atoms with E-state index < -0.39 is 17.9 Å². The van der Waals surface area contributed by atoms with Crippen molar-refractivity contribution in [2.75, 3.05) is 11.9 Å². The van der Waals surface area contributed by atoms with Crippen LogP contribution in [0.4, 0.5) is 5.69 Å². The Morgan fingerprint density at radius 3 is 2.61 bits per heavy atom. The quantitative estimate of drug-likeness (QED) is 0.775. The Morgan fingerprint density at radius 1 is 1.39 bits per heavy atom. The van der Waals surface area contributed by atoms with Crippen molar-refractivity contribution >= 4 is 40.8 Å². The van der Waals surface area contributed by atoms with E-state index in [9.17, 15) is 9.59 Å². The molecule has 0 heterocycles. The second kappa shape index (κ2) is 6.47. The number of nitrogens with one attached hydrogen (secondary N) is 2. The molecule has 0 spiro atoms. The molecular weight excluding hydrogens is 279 g/mol. The van der Waals surface area contributed by atoms with Crippen LogP contribution < -0.4 is 10.6 Å². The molecule has 7 heteroatoms. The van der Waals surface area contributed by atoms with Crippen LogP contribution in [0.25, 0.3) is 0 Å². The van der Waals surface area contributed by atoms with E-state index in [4.69, 9.17) is 28.3 Å². The molecule has 1 atom stereocenters. The molecule has 3 N–H and O–H groups in total. The van der Waals surface area contributed by atoms with Crippen molar-refractivity contribution < 1.29 is 14.7 Å². The van der Waals surface area contributed by atoms with Crippen LogP contribution in [0.2, 0.25) is 10.0 Å². The number of carboxylic acid groups (broad SMARTS) is 1. The number of carboxylic acids is 1. The SMILES string of the molecule is CC(=O)NC(CNc1cc(Cl)ccc1Cl)C(=O)O. The minimum absolute atomic E-state index is 0.00890. The largest absolute Gasteiger partial charge is 0.480 e. The molecule has 0 aromatic heterocycles. The lowest BCUT2D eigenvalue weighted by atomic mass is 10.2. The number of aliphatic carboxylic acids is 1. The zero-order valence-corrected chi connectivity index (χ0v) is 11.0. The van der Waals surface area contributed by atoms with Gasteiger partial charge in [-0.25, -0.2) is 4.79 Å². The summed E-state index contributed by atoms with van der Waals surface area (Å²) in [6.45, 7) is 1.26. The average molecular weight is 291 g/mol. The van der Waals surface area contributed by atoms with Gasteiger partial charge in [-0.2, -0.15) is 0 Å². The molecule has 0 aliphatic carbocycles. The van der Waals surface area contributed by atoms with Gasteiger partial charge in [-0.15, -0.1) is 0 Å². The molecule has 1 aromatic rings. The standard InChI is InChI=1S/C11H12Cl2N2O3/c1-6(16)15-10(11(17)18)5-14-9-4-7(12)2-3-8(9)13/h2-4,10,14H,5H2,1H3,(H,15,16)(H,17,18). The summed E-state index contributed by atoms with van der Waals surface area (Å²) in [5.74, 6) is -1.54. The normalized spacial score (nSPS) is 11.7. The van der Waals surface area contributed by atoms with Gasteiger partial charge < -0.3 is 15.7 Å². The minimum atomic E-state index is -1.13. The second-order valence-corrected chi connectivity index (χ2v) is 4.44. The third-order valence-electron chi connectivity index (χ3n) is 2.10. The van der Waals surface area contributed by atoms with Crippen molar-refractivity contribution in [2.24, 2.45) is 0 Å². The second-order valence-electron chi connectivity index (χ2n) is 3.60. The molecule has 1 aromatic carbocycles. The van der Waals surface area contributed by atoms with Crippen molar-refractivity contribution in [1.29, 1.82) is 0 Å². The molecule has 0 bridgehead atoms. The van der Waals surface area contributed by atoms with E-state index in [-0.39, 0.29) is 6.54 Å². The third kappa shape index (κ3) is 4.43. The van der Waals surface area contributed by atoms with Gasteiger partial charge in [-0.1, -0.05) is 23.2 Å². The maximum atomic E-state index is 10.9. The van der Waals surface area contributed by atoms with Gasteiger partial charge in [0.05, 0.1) is 10.7 Å². The smallest absolute Gasteiger partial charge is 0.328 e. The minimum Gasteiger partial charge on any atom is -0.480 e. The number of rotatable bonds is 5. The summed E-state index contributed by atoms with van der Waals surface area (Å²) in [5.41, 5.74) is 0.515. The molecule has 0 radical (unpaired) electrons. The predicted octanol–water partition coefficient (Wildman–Crippen LogP) is 1.99. The lowest BCUT2D eigenvalue weighted by molar-refractivity contribution is -0.141. The number of anilines is 1. The van der Waals surface area contributed by atoms with Crippen LogP contribution in [-0.4, -0.2) is 29.6 Å². The number of amides is 1. The fraction of sp³-hybridized carbons (Fsp3) is 0.273. The molecular formula is C11H12Cl2N2O3. The monoisotopic (exact) mass is 290 g/mol. The van der Waals surface area contributed by atoms with E-state index in [1.54, 1.807) is 18.2 Å². The van der Waals surface area contributed by atoms with Crippen molar-refractivity contribution in [3.05, 3.63) is 28.2 Å². The zero-order valence-electron chi connectivity index (χ0n) is 9.54. The Labute approximate surface area is 114 Å². The molecule has 18 heavy (non-hydrogen) atoms. The van der Waals surface area contributed by atoms with Gasteiger partial charge >= 0.3 is 5.97 Å². The van der Waals surface area contributed by atoms with Gasteiger partial charge in [-0.3, -0.25) is 4.79 Å². The van der Waals surface area contributed by atoms with Crippen LogP contribution in [0.1, 0.15) is 6.92 Å². The van der Waals surface area contributed by atoms with Gasteiger partial charge in [0.15, 0.2) is 0 Å². The third-order valence-corrected chi connectivity index (χ3v) is 2.67. The Balaban J connectivity index is 2.69. The summed E-state index contributed by atoms with van der Waals surface area (Å²) in [5, 5.41) is 14.9. The molecule has 0 saturated carbocycles. The van der Waals surface area contributed by atoms with Gasteiger partial charge in [-0.05, 0) is 18.2 Å². The van der Waals surface area contributed by atoms with E-state index >= 15 is 0 Å². The maximum absolute atomic E-state index is 10.9. The van der Waals surface area contributed by atoms with E-state index in [1.807, 2.05) is 0 Å². The summed E-state index contributed by atoms with van der Waals surface area (Å²) in [6.07, 6.45) is 0. The Morgan fingerprint density at radius 2 is 2.06 bits per heavy atom. The number of carbonyl (C=O) groups excluding carboxylic acids is 1. The highest BCUT2D eigenvalue weighted by atomic mass is 35.5. The van der Waals surface area contributed by atoms with Gasteiger partial charge in [0.1, 0.15) is 6.04 Å². The Bertz CT molecular complexity index is 466. The van der Waals surface area contributed by atoms with Crippen molar-refractivity contribution in [3.8, 4) is 0 Å². The highest BCUT2D eigenvalue weighted by Crippen LogP contribution is 2.25. The predicted molar refractivity (Wildman–Crippen MR) is 70.2 cm³/mol. The summed E-state index contributed by atoms with van der Waals surface area (Å²) in [4.78, 5) is 21.7. The lowest BCUT2D eigenvalue weighted by Gasteiger charge is -2.15. The Hall–Kier alpha value is -1.46. The van der Waals surface area contributed by atoms with Crippen molar-refractivity contribution in [3.63, 3.8) is 0 Å². The number of carbonyl (C=O) groups is 2. The molecule has 5 nitrogen and oxygen atoms in total. The fourth-order valence-corrected chi connectivity index (χ4v) is 1.65. The van der Waals surface area contributed by atoms with E-state index in [0.29, 0.717) is 15.7 Å². The summed E-state index contributed by atoms with van der Waals surface area (Å²) < 4.78 is 0. The first-order valence-electron chi connectivity index (χ1n) is 5.09. The zero-order chi connectivity index (χ0) is 13.7. The molecule has 0 fully saturated rings. The topological polar surface area (TPSA) is 78.4 Å². The summed E-state index contributed by atoms with van der Waals surface area (Å²) >= 11 is 11.7. The van der Waals surface area contributed by atoms with E-state index in [0.717, 1.165) is 0 Å². The molecule has 98 valence electrons.